The molecule has 0 spiro atoms. The van der Waals surface area contributed by atoms with E-state index in [1.54, 1.807) is 0 Å². The van der Waals surface area contributed by atoms with Gasteiger partial charge in [-0.1, -0.05) is 0 Å². The van der Waals surface area contributed by atoms with Gasteiger partial charge in [-0.05, 0) is 0 Å². The van der Waals surface area contributed by atoms with Gasteiger partial charge in [-0.15, -0.1) is 0 Å². The molecule has 0 bridgehead atoms. The van der Waals surface area contributed by atoms with Gasteiger partial charge in [0.15, 0.2) is 12.6 Å². The zero-order valence-electron chi connectivity index (χ0n) is 12.0. The molecular weight excluding hydrogens is 320 g/mol. The van der Waals surface area contributed by atoms with Crippen molar-refractivity contribution in [2.45, 2.75) is 55.1 Å². The van der Waals surface area contributed by atoms with Gasteiger partial charge in [0, 0.05) is 0 Å². The van der Waals surface area contributed by atoms with Crippen molar-refractivity contribution >= 4 is 6.29 Å². The third kappa shape index (κ3) is 4.64. The van der Waals surface area contributed by atoms with Crippen LogP contribution in [0.1, 0.15) is 0 Å². The molecule has 0 aliphatic carbocycles. The molecule has 1 aliphatic heterocycles. The highest BCUT2D eigenvalue weighted by Crippen LogP contribution is 2.24. The van der Waals surface area contributed by atoms with Crippen LogP contribution >= 0.6 is 0 Å². The fraction of sp³-hybridized carbons (Fsp3) is 0.917. The quantitative estimate of drug-likeness (QED) is 0.196. The van der Waals surface area contributed by atoms with Crippen LogP contribution in [-0.2, 0) is 14.3 Å². The number of aliphatic hydroxyl groups is 8. The summed E-state index contributed by atoms with van der Waals surface area (Å²) in [5.41, 5.74) is 0. The Bertz CT molecular complexity index is 365. The summed E-state index contributed by atoms with van der Waals surface area (Å²) in [5, 5.41) is 75.6. The summed E-state index contributed by atoms with van der Waals surface area (Å²) in [6.45, 7) is -1.63. The van der Waals surface area contributed by atoms with Crippen molar-refractivity contribution in [2.75, 3.05) is 13.2 Å². The van der Waals surface area contributed by atoms with Crippen LogP contribution in [0.15, 0.2) is 0 Å². The Morgan fingerprint density at radius 3 is 2.13 bits per heavy atom. The number of hydrogen-bond acceptors (Lipinski definition) is 11. The van der Waals surface area contributed by atoms with Crippen molar-refractivity contribution in [3.63, 3.8) is 0 Å². The van der Waals surface area contributed by atoms with E-state index in [1.807, 2.05) is 0 Å². The molecule has 23 heavy (non-hydrogen) atoms. The van der Waals surface area contributed by atoms with Crippen molar-refractivity contribution in [3.8, 4) is 0 Å². The van der Waals surface area contributed by atoms with Gasteiger partial charge >= 0.3 is 0 Å². The standard InChI is InChI=1S/C12H22O11/c13-1-4(16)7(18)11(5(17)2-14)23-12-10(21)9(20)8(19)6(3-15)22-12/h2,4-13,15-21H,1,3H2/t4-,5-,6-,7-,8-,9+,10-,11-,12-/m1/s1. The van der Waals surface area contributed by atoms with Crippen LogP contribution < -0.4 is 0 Å². The van der Waals surface area contributed by atoms with Crippen LogP contribution in [-0.4, -0.2) is 115 Å². The molecular formula is C12H22O11. The Labute approximate surface area is 130 Å². The first kappa shape index (κ1) is 20.3. The lowest BCUT2D eigenvalue weighted by atomic mass is 9.98. The van der Waals surface area contributed by atoms with E-state index in [4.69, 9.17) is 19.7 Å². The molecule has 9 atom stereocenters. The summed E-state index contributed by atoms with van der Waals surface area (Å²) in [5.74, 6) is 0. The fourth-order valence-corrected chi connectivity index (χ4v) is 2.10. The third-order valence-corrected chi connectivity index (χ3v) is 3.53. The highest BCUT2D eigenvalue weighted by Gasteiger charge is 2.46. The maximum Gasteiger partial charge on any atom is 0.187 e. The van der Waals surface area contributed by atoms with Crippen molar-refractivity contribution in [2.24, 2.45) is 0 Å². The number of carbonyl (C=O) groups is 1. The largest absolute Gasteiger partial charge is 0.394 e. The minimum absolute atomic E-state index is 0.0119. The minimum atomic E-state index is -1.95. The normalized spacial score (nSPS) is 37.0. The second-order valence-electron chi connectivity index (χ2n) is 5.17. The first-order valence-corrected chi connectivity index (χ1v) is 6.84. The zero-order chi connectivity index (χ0) is 17.7. The van der Waals surface area contributed by atoms with E-state index < -0.39 is 68.3 Å². The number of aliphatic hydroxyl groups excluding tert-OH is 8. The Balaban J connectivity index is 2.91. The molecule has 8 N–H and O–H groups in total. The first-order chi connectivity index (χ1) is 10.8. The topological polar surface area (TPSA) is 197 Å². The molecule has 0 saturated carbocycles. The van der Waals surface area contributed by atoms with E-state index in [2.05, 4.69) is 0 Å². The number of ether oxygens (including phenoxy) is 2. The Hall–Kier alpha value is -0.730. The fourth-order valence-electron chi connectivity index (χ4n) is 2.10. The third-order valence-electron chi connectivity index (χ3n) is 3.53. The van der Waals surface area contributed by atoms with E-state index in [-0.39, 0.29) is 6.29 Å². The smallest absolute Gasteiger partial charge is 0.187 e. The number of aldehydes is 1. The first-order valence-electron chi connectivity index (χ1n) is 6.84. The van der Waals surface area contributed by atoms with Gasteiger partial charge in [0.25, 0.3) is 0 Å². The molecule has 0 amide bonds. The molecule has 1 heterocycles. The van der Waals surface area contributed by atoms with Gasteiger partial charge in [-0.3, -0.25) is 0 Å². The van der Waals surface area contributed by atoms with Crippen LogP contribution in [0, 0.1) is 0 Å². The number of carbonyl (C=O) groups excluding carboxylic acids is 1. The minimum Gasteiger partial charge on any atom is -0.394 e. The van der Waals surface area contributed by atoms with Crippen LogP contribution in [0.4, 0.5) is 0 Å². The molecule has 0 unspecified atom stereocenters. The van der Waals surface area contributed by atoms with Gasteiger partial charge in [-0.25, -0.2) is 0 Å². The highest BCUT2D eigenvalue weighted by atomic mass is 16.7. The average Bonchev–Trinajstić information content (AvgIpc) is 2.57. The van der Waals surface area contributed by atoms with Crippen molar-refractivity contribution in [1.29, 1.82) is 0 Å². The predicted octanol–water partition coefficient (Wildman–Crippen LogP) is -5.55. The monoisotopic (exact) mass is 342 g/mol. The van der Waals surface area contributed by atoms with E-state index >= 15 is 0 Å². The van der Waals surface area contributed by atoms with Gasteiger partial charge < -0.3 is 55.1 Å². The lowest BCUT2D eigenvalue weighted by Gasteiger charge is -2.41. The van der Waals surface area contributed by atoms with Gasteiger partial charge in [-0.2, -0.15) is 0 Å². The van der Waals surface area contributed by atoms with Gasteiger partial charge in [0.1, 0.15) is 48.8 Å². The molecule has 1 saturated heterocycles. The average molecular weight is 342 g/mol. The van der Waals surface area contributed by atoms with Crippen LogP contribution in [0.2, 0.25) is 0 Å². The Kier molecular flexibility index (Phi) is 7.89. The van der Waals surface area contributed by atoms with Gasteiger partial charge in [0.2, 0.25) is 0 Å². The highest BCUT2D eigenvalue weighted by molar-refractivity contribution is 5.56. The summed E-state index contributed by atoms with van der Waals surface area (Å²) in [4.78, 5) is 10.7. The molecule has 1 rings (SSSR count). The molecule has 0 aromatic carbocycles. The maximum absolute atomic E-state index is 10.7. The van der Waals surface area contributed by atoms with E-state index in [1.165, 1.54) is 0 Å². The SMILES string of the molecule is O=C[C@@H](O)[C@@H](O[C@H]1O[C@H](CO)[C@@H](O)[C@H](O)[C@H]1O)[C@H](O)[C@H](O)CO. The second kappa shape index (κ2) is 8.94. The predicted molar refractivity (Wildman–Crippen MR) is 69.8 cm³/mol. The maximum atomic E-state index is 10.7. The lowest BCUT2D eigenvalue weighted by Crippen LogP contribution is -2.61. The molecule has 136 valence electrons. The summed E-state index contributed by atoms with van der Waals surface area (Å²) < 4.78 is 10.0. The number of hydrogen-bond donors (Lipinski definition) is 8. The van der Waals surface area contributed by atoms with Crippen LogP contribution in [0.25, 0.3) is 0 Å². The Morgan fingerprint density at radius 2 is 1.65 bits per heavy atom. The molecule has 1 fully saturated rings. The lowest BCUT2D eigenvalue weighted by molar-refractivity contribution is -0.324. The van der Waals surface area contributed by atoms with E-state index in [9.17, 15) is 35.4 Å². The van der Waals surface area contributed by atoms with Crippen molar-refractivity contribution < 1.29 is 55.1 Å². The summed E-state index contributed by atoms with van der Waals surface area (Å²) >= 11 is 0. The summed E-state index contributed by atoms with van der Waals surface area (Å²) in [7, 11) is 0. The Morgan fingerprint density at radius 1 is 1.04 bits per heavy atom. The number of rotatable bonds is 8. The summed E-state index contributed by atoms with van der Waals surface area (Å²) in [6.07, 6.45) is -15.7. The molecule has 11 heteroatoms. The molecule has 0 aromatic heterocycles. The van der Waals surface area contributed by atoms with Crippen LogP contribution in [0.5, 0.6) is 0 Å². The van der Waals surface area contributed by atoms with Crippen LogP contribution in [0.3, 0.4) is 0 Å². The van der Waals surface area contributed by atoms with E-state index in [0.717, 1.165) is 0 Å². The van der Waals surface area contributed by atoms with E-state index in [0.29, 0.717) is 0 Å². The molecule has 0 radical (unpaired) electrons. The van der Waals surface area contributed by atoms with Gasteiger partial charge in [0.05, 0.1) is 13.2 Å². The molecule has 0 aromatic rings. The summed E-state index contributed by atoms with van der Waals surface area (Å²) in [6, 6.07) is 0. The van der Waals surface area contributed by atoms with Crippen molar-refractivity contribution in [1.82, 2.24) is 0 Å². The molecule has 11 nitrogen and oxygen atoms in total. The van der Waals surface area contributed by atoms with Crippen molar-refractivity contribution in [3.05, 3.63) is 0 Å². The second-order valence-corrected chi connectivity index (χ2v) is 5.17. The molecule has 1 aliphatic rings. The zero-order valence-corrected chi connectivity index (χ0v) is 12.0.